The minimum Gasteiger partial charge on any atom is -0.440 e. The van der Waals surface area contributed by atoms with Crippen LogP contribution < -0.4 is 0 Å². The van der Waals surface area contributed by atoms with E-state index >= 15 is 0 Å². The molecule has 3 aromatic carbocycles. The van der Waals surface area contributed by atoms with Crippen LogP contribution in [0.5, 0.6) is 0 Å². The number of aryl methyl sites for hydroxylation is 1. The molecule has 0 aliphatic carbocycles. The van der Waals surface area contributed by atoms with Crippen LogP contribution in [0.2, 0.25) is 0 Å². The Morgan fingerprint density at radius 2 is 1.64 bits per heavy atom. The van der Waals surface area contributed by atoms with Gasteiger partial charge in [0.2, 0.25) is 0 Å². The first-order valence-electron chi connectivity index (χ1n) is 10.6. The number of rotatable bonds is 7. The van der Waals surface area contributed by atoms with E-state index in [1.165, 1.54) is 24.3 Å². The Balaban J connectivity index is 1.39. The maximum atomic E-state index is 13.8. The highest BCUT2D eigenvalue weighted by molar-refractivity contribution is 5.89. The number of aromatic amines is 1. The third-order valence-corrected chi connectivity index (χ3v) is 5.54. The Morgan fingerprint density at radius 3 is 2.42 bits per heavy atom. The Labute approximate surface area is 188 Å². The van der Waals surface area contributed by atoms with Gasteiger partial charge >= 0.3 is 0 Å². The molecule has 0 bridgehead atoms. The van der Waals surface area contributed by atoms with E-state index in [-0.39, 0.29) is 12.2 Å². The molecule has 2 heterocycles. The summed E-state index contributed by atoms with van der Waals surface area (Å²) >= 11 is 0. The Morgan fingerprint density at radius 1 is 0.909 bits per heavy atom. The minimum absolute atomic E-state index is 0.0533. The predicted molar refractivity (Wildman–Crippen MR) is 123 cm³/mol. The number of Topliss-reactive ketones (excluding diaryl/α,β-unsaturated/α-hetero) is 1. The van der Waals surface area contributed by atoms with Gasteiger partial charge in [-0.2, -0.15) is 0 Å². The Bertz CT molecular complexity index is 1390. The highest BCUT2D eigenvalue weighted by atomic mass is 19.1. The summed E-state index contributed by atoms with van der Waals surface area (Å²) in [5.41, 5.74) is 3.38. The van der Waals surface area contributed by atoms with Crippen LogP contribution in [0, 0.1) is 11.6 Å². The molecule has 4 nitrogen and oxygen atoms in total. The number of oxazole rings is 1. The second-order valence-electron chi connectivity index (χ2n) is 7.88. The molecule has 0 spiro atoms. The standard InChI is InChI=1S/C27H20F2N2O2/c28-20-7-3-5-17(13-20)26-27(18-6-4-8-21(29)14-18)33-25(31-26)12-11-22(32)15-19-16-30-24-10-2-1-9-23(19)24/h1-10,13-14,16,30H,11-12,15H2. The molecular weight excluding hydrogens is 422 g/mol. The van der Waals surface area contributed by atoms with Crippen molar-refractivity contribution in [2.24, 2.45) is 0 Å². The van der Waals surface area contributed by atoms with Crippen molar-refractivity contribution in [2.75, 3.05) is 0 Å². The molecule has 0 aliphatic rings. The molecule has 0 aliphatic heterocycles. The van der Waals surface area contributed by atoms with Crippen LogP contribution in [-0.4, -0.2) is 15.8 Å². The highest BCUT2D eigenvalue weighted by Crippen LogP contribution is 2.33. The number of para-hydroxylation sites is 1. The lowest BCUT2D eigenvalue weighted by molar-refractivity contribution is -0.118. The maximum absolute atomic E-state index is 13.8. The monoisotopic (exact) mass is 442 g/mol. The second kappa shape index (κ2) is 8.82. The van der Waals surface area contributed by atoms with Crippen molar-refractivity contribution >= 4 is 16.7 Å². The van der Waals surface area contributed by atoms with Gasteiger partial charge in [0.25, 0.3) is 0 Å². The normalized spacial score (nSPS) is 11.2. The molecule has 0 radical (unpaired) electrons. The molecule has 33 heavy (non-hydrogen) atoms. The molecule has 5 rings (SSSR count). The van der Waals surface area contributed by atoms with Gasteiger partial charge in [-0.3, -0.25) is 4.79 Å². The van der Waals surface area contributed by atoms with Gasteiger partial charge in [-0.05, 0) is 35.9 Å². The lowest BCUT2D eigenvalue weighted by Gasteiger charge is -2.02. The van der Waals surface area contributed by atoms with E-state index in [0.29, 0.717) is 41.3 Å². The fourth-order valence-electron chi connectivity index (χ4n) is 3.95. The van der Waals surface area contributed by atoms with Crippen molar-refractivity contribution < 1.29 is 18.0 Å². The van der Waals surface area contributed by atoms with Crippen LogP contribution in [-0.2, 0) is 17.6 Å². The molecule has 0 saturated carbocycles. The average Bonchev–Trinajstić information content (AvgIpc) is 3.43. The number of benzene rings is 3. The van der Waals surface area contributed by atoms with Gasteiger partial charge in [-0.15, -0.1) is 0 Å². The summed E-state index contributed by atoms with van der Waals surface area (Å²) in [4.78, 5) is 20.4. The smallest absolute Gasteiger partial charge is 0.195 e. The first kappa shape index (κ1) is 20.8. The number of carbonyl (C=O) groups excluding carboxylic acids is 1. The Kier molecular flexibility index (Phi) is 5.57. The zero-order valence-electron chi connectivity index (χ0n) is 17.6. The van der Waals surface area contributed by atoms with Crippen molar-refractivity contribution in [1.82, 2.24) is 9.97 Å². The van der Waals surface area contributed by atoms with Gasteiger partial charge in [0, 0.05) is 47.5 Å². The van der Waals surface area contributed by atoms with E-state index in [0.717, 1.165) is 16.5 Å². The van der Waals surface area contributed by atoms with Crippen LogP contribution >= 0.6 is 0 Å². The first-order chi connectivity index (χ1) is 16.1. The van der Waals surface area contributed by atoms with Crippen LogP contribution in [0.25, 0.3) is 33.5 Å². The van der Waals surface area contributed by atoms with Crippen molar-refractivity contribution in [3.05, 3.63) is 102 Å². The molecule has 6 heteroatoms. The van der Waals surface area contributed by atoms with E-state index in [9.17, 15) is 13.6 Å². The number of H-pyrrole nitrogens is 1. The van der Waals surface area contributed by atoms with Crippen molar-refractivity contribution in [2.45, 2.75) is 19.3 Å². The zero-order chi connectivity index (χ0) is 22.8. The third kappa shape index (κ3) is 4.46. The molecule has 2 aromatic heterocycles. The van der Waals surface area contributed by atoms with Crippen LogP contribution in [0.4, 0.5) is 8.78 Å². The summed E-state index contributed by atoms with van der Waals surface area (Å²) in [7, 11) is 0. The molecular formula is C27H20F2N2O2. The first-order valence-corrected chi connectivity index (χ1v) is 10.6. The summed E-state index contributed by atoms with van der Waals surface area (Å²) < 4.78 is 33.6. The average molecular weight is 442 g/mol. The van der Waals surface area contributed by atoms with E-state index in [1.54, 1.807) is 24.3 Å². The topological polar surface area (TPSA) is 58.9 Å². The molecule has 0 fully saturated rings. The van der Waals surface area contributed by atoms with Gasteiger partial charge in [-0.25, -0.2) is 13.8 Å². The number of ketones is 1. The number of carbonyl (C=O) groups is 1. The summed E-state index contributed by atoms with van der Waals surface area (Å²) in [6, 6.07) is 19.8. The quantitative estimate of drug-likeness (QED) is 0.312. The van der Waals surface area contributed by atoms with Gasteiger partial charge in [0.15, 0.2) is 11.7 Å². The number of fused-ring (bicyclic) bond motifs is 1. The Hall–Kier alpha value is -4.06. The largest absolute Gasteiger partial charge is 0.440 e. The fraction of sp³-hybridized carbons (Fsp3) is 0.111. The molecule has 1 N–H and O–H groups in total. The molecule has 5 aromatic rings. The van der Waals surface area contributed by atoms with Gasteiger partial charge < -0.3 is 9.40 Å². The van der Waals surface area contributed by atoms with E-state index in [4.69, 9.17) is 4.42 Å². The summed E-state index contributed by atoms with van der Waals surface area (Å²) in [6.07, 6.45) is 2.69. The maximum Gasteiger partial charge on any atom is 0.195 e. The number of aromatic nitrogens is 2. The molecule has 0 amide bonds. The second-order valence-corrected chi connectivity index (χ2v) is 7.88. The van der Waals surface area contributed by atoms with E-state index in [2.05, 4.69) is 9.97 Å². The summed E-state index contributed by atoms with van der Waals surface area (Å²) in [5, 5.41) is 1.03. The molecule has 0 unspecified atom stereocenters. The van der Waals surface area contributed by atoms with Crippen molar-refractivity contribution in [3.8, 4) is 22.6 Å². The number of nitrogens with one attached hydrogen (secondary N) is 1. The SMILES string of the molecule is O=C(CCc1nc(-c2cccc(F)c2)c(-c2cccc(F)c2)o1)Cc1c[nH]c2ccccc12. The molecule has 0 atom stereocenters. The summed E-state index contributed by atoms with van der Waals surface area (Å²) in [6.45, 7) is 0. The van der Waals surface area contributed by atoms with Gasteiger partial charge in [0.05, 0.1) is 0 Å². The molecule has 164 valence electrons. The minimum atomic E-state index is -0.412. The van der Waals surface area contributed by atoms with Crippen molar-refractivity contribution in [3.63, 3.8) is 0 Å². The van der Waals surface area contributed by atoms with E-state index < -0.39 is 11.6 Å². The van der Waals surface area contributed by atoms with Gasteiger partial charge in [0.1, 0.15) is 23.1 Å². The van der Waals surface area contributed by atoms with Crippen LogP contribution in [0.15, 0.2) is 83.4 Å². The van der Waals surface area contributed by atoms with E-state index in [1.807, 2.05) is 30.5 Å². The zero-order valence-corrected chi connectivity index (χ0v) is 17.6. The number of hydrogen-bond donors (Lipinski definition) is 1. The summed E-state index contributed by atoms with van der Waals surface area (Å²) in [5.74, 6) is -0.0711. The lowest BCUT2D eigenvalue weighted by atomic mass is 10.0. The number of hydrogen-bond acceptors (Lipinski definition) is 3. The third-order valence-electron chi connectivity index (χ3n) is 5.54. The lowest BCUT2D eigenvalue weighted by Crippen LogP contribution is -2.04. The molecule has 0 saturated heterocycles. The van der Waals surface area contributed by atoms with Crippen LogP contribution in [0.1, 0.15) is 17.9 Å². The van der Waals surface area contributed by atoms with Crippen LogP contribution in [0.3, 0.4) is 0 Å². The fourth-order valence-corrected chi connectivity index (χ4v) is 3.95. The predicted octanol–water partition coefficient (Wildman–Crippen LogP) is 6.51. The van der Waals surface area contributed by atoms with Gasteiger partial charge in [-0.1, -0.05) is 42.5 Å². The number of halogens is 2. The highest BCUT2D eigenvalue weighted by Gasteiger charge is 2.19. The van der Waals surface area contributed by atoms with Crippen molar-refractivity contribution in [1.29, 1.82) is 0 Å². The number of nitrogens with zero attached hydrogens (tertiary/aromatic N) is 1.